The summed E-state index contributed by atoms with van der Waals surface area (Å²) in [6, 6.07) is 0.505. The lowest BCUT2D eigenvalue weighted by molar-refractivity contribution is 0.146. The van der Waals surface area contributed by atoms with Crippen LogP contribution in [0, 0.1) is 5.92 Å². The third kappa shape index (κ3) is 1.54. The highest BCUT2D eigenvalue weighted by molar-refractivity contribution is 5.70. The zero-order chi connectivity index (χ0) is 9.30. The Morgan fingerprint density at radius 3 is 2.33 bits per heavy atom. The number of amides is 1. The van der Waals surface area contributed by atoms with E-state index in [0.29, 0.717) is 12.5 Å². The van der Waals surface area contributed by atoms with Crippen molar-refractivity contribution in [2.45, 2.75) is 39.8 Å². The predicted molar refractivity (Wildman–Crippen MR) is 46.9 cm³/mol. The Balaban J connectivity index is 2.70. The molecule has 1 atom stereocenters. The molecule has 0 aliphatic carbocycles. The van der Waals surface area contributed by atoms with Crippen molar-refractivity contribution >= 4 is 6.09 Å². The lowest BCUT2D eigenvalue weighted by Gasteiger charge is -2.27. The number of carbonyl (C=O) groups excluding carboxylic acids is 1. The van der Waals surface area contributed by atoms with E-state index < -0.39 is 0 Å². The number of carbonyl (C=O) groups is 1. The molecule has 1 fully saturated rings. The van der Waals surface area contributed by atoms with Crippen molar-refractivity contribution < 1.29 is 9.53 Å². The quantitative estimate of drug-likeness (QED) is 0.634. The van der Waals surface area contributed by atoms with E-state index in [2.05, 4.69) is 13.8 Å². The molecule has 0 N–H and O–H groups in total. The van der Waals surface area contributed by atoms with Crippen LogP contribution in [-0.2, 0) is 4.74 Å². The first kappa shape index (κ1) is 9.36. The smallest absolute Gasteiger partial charge is 0.410 e. The number of hydrogen-bond donors (Lipinski definition) is 0. The Morgan fingerprint density at radius 2 is 2.00 bits per heavy atom. The molecular weight excluding hydrogens is 154 g/mol. The fourth-order valence-electron chi connectivity index (χ4n) is 1.55. The van der Waals surface area contributed by atoms with Crippen molar-refractivity contribution in [1.29, 1.82) is 0 Å². The molecule has 0 aromatic rings. The minimum absolute atomic E-state index is 0.163. The van der Waals surface area contributed by atoms with E-state index in [9.17, 15) is 4.79 Å². The largest absolute Gasteiger partial charge is 0.447 e. The second-order valence-electron chi connectivity index (χ2n) is 3.89. The molecule has 1 aliphatic heterocycles. The maximum absolute atomic E-state index is 11.2. The third-order valence-electron chi connectivity index (χ3n) is 2.27. The zero-order valence-electron chi connectivity index (χ0n) is 8.20. The summed E-state index contributed by atoms with van der Waals surface area (Å²) in [5.41, 5.74) is 0. The van der Waals surface area contributed by atoms with Gasteiger partial charge in [0.1, 0.15) is 6.61 Å². The number of cyclic esters (lactones) is 1. The van der Waals surface area contributed by atoms with Crippen LogP contribution in [0.25, 0.3) is 0 Å². The highest BCUT2D eigenvalue weighted by Gasteiger charge is 2.36. The van der Waals surface area contributed by atoms with Crippen molar-refractivity contribution in [2.75, 3.05) is 6.61 Å². The van der Waals surface area contributed by atoms with Gasteiger partial charge < -0.3 is 4.74 Å². The highest BCUT2D eigenvalue weighted by Crippen LogP contribution is 2.21. The van der Waals surface area contributed by atoms with Gasteiger partial charge in [-0.05, 0) is 19.8 Å². The molecule has 0 bridgehead atoms. The van der Waals surface area contributed by atoms with Gasteiger partial charge in [-0.25, -0.2) is 4.79 Å². The second kappa shape index (κ2) is 3.33. The van der Waals surface area contributed by atoms with Crippen LogP contribution in [0.1, 0.15) is 27.7 Å². The van der Waals surface area contributed by atoms with Gasteiger partial charge >= 0.3 is 6.09 Å². The van der Waals surface area contributed by atoms with Crippen molar-refractivity contribution in [3.63, 3.8) is 0 Å². The molecular formula is C9H17NO2. The summed E-state index contributed by atoms with van der Waals surface area (Å²) < 4.78 is 4.99. The Labute approximate surface area is 73.7 Å². The number of hydrogen-bond acceptors (Lipinski definition) is 2. The predicted octanol–water partition coefficient (Wildman–Crippen LogP) is 1.87. The van der Waals surface area contributed by atoms with Gasteiger partial charge in [0.05, 0.1) is 6.04 Å². The number of ether oxygens (including phenoxy) is 1. The van der Waals surface area contributed by atoms with E-state index in [4.69, 9.17) is 4.74 Å². The van der Waals surface area contributed by atoms with Gasteiger partial charge in [-0.3, -0.25) is 4.90 Å². The minimum Gasteiger partial charge on any atom is -0.447 e. The van der Waals surface area contributed by atoms with E-state index in [1.807, 2.05) is 18.7 Å². The lowest BCUT2D eigenvalue weighted by atomic mass is 10.0. The third-order valence-corrected chi connectivity index (χ3v) is 2.27. The molecule has 0 saturated carbocycles. The van der Waals surface area contributed by atoms with Gasteiger partial charge in [-0.2, -0.15) is 0 Å². The summed E-state index contributed by atoms with van der Waals surface area (Å²) in [5.74, 6) is 0.471. The molecule has 3 heteroatoms. The van der Waals surface area contributed by atoms with E-state index >= 15 is 0 Å². The highest BCUT2D eigenvalue weighted by atomic mass is 16.6. The van der Waals surface area contributed by atoms with E-state index in [0.717, 1.165) is 0 Å². The standard InChI is InChI=1S/C9H17NO2/c1-6(2)8-5-12-9(11)10(8)7(3)4/h6-8H,5H2,1-4H3. The van der Waals surface area contributed by atoms with Crippen LogP contribution in [0.5, 0.6) is 0 Å². The molecule has 0 radical (unpaired) electrons. The molecule has 1 saturated heterocycles. The molecule has 0 spiro atoms. The van der Waals surface area contributed by atoms with Crippen LogP contribution in [0.15, 0.2) is 0 Å². The first-order valence-electron chi connectivity index (χ1n) is 4.49. The van der Waals surface area contributed by atoms with Gasteiger partial charge in [0.25, 0.3) is 0 Å². The van der Waals surface area contributed by atoms with Gasteiger partial charge in [-0.1, -0.05) is 13.8 Å². The first-order valence-corrected chi connectivity index (χ1v) is 4.49. The molecule has 70 valence electrons. The minimum atomic E-state index is -0.163. The van der Waals surface area contributed by atoms with Crippen LogP contribution in [-0.4, -0.2) is 29.7 Å². The summed E-state index contributed by atoms with van der Waals surface area (Å²) in [6.45, 7) is 8.81. The maximum Gasteiger partial charge on any atom is 0.410 e. The second-order valence-corrected chi connectivity index (χ2v) is 3.89. The van der Waals surface area contributed by atoms with Crippen molar-refractivity contribution in [2.24, 2.45) is 5.92 Å². The Morgan fingerprint density at radius 1 is 1.42 bits per heavy atom. The summed E-state index contributed by atoms with van der Waals surface area (Å²) in [7, 11) is 0. The van der Waals surface area contributed by atoms with Crippen LogP contribution in [0.2, 0.25) is 0 Å². The first-order chi connectivity index (χ1) is 5.54. The molecule has 1 amide bonds. The summed E-state index contributed by atoms with van der Waals surface area (Å²) in [6.07, 6.45) is -0.163. The Kier molecular flexibility index (Phi) is 2.60. The number of rotatable bonds is 2. The number of nitrogens with zero attached hydrogens (tertiary/aromatic N) is 1. The van der Waals surface area contributed by atoms with E-state index in [1.165, 1.54) is 0 Å². The zero-order valence-corrected chi connectivity index (χ0v) is 8.20. The molecule has 1 rings (SSSR count). The molecule has 0 aromatic carbocycles. The molecule has 1 aliphatic rings. The SMILES string of the molecule is CC(C)C1COC(=O)N1C(C)C. The van der Waals surface area contributed by atoms with E-state index in [-0.39, 0.29) is 18.2 Å². The fraction of sp³-hybridized carbons (Fsp3) is 0.889. The van der Waals surface area contributed by atoms with E-state index in [1.54, 1.807) is 0 Å². The average molecular weight is 171 g/mol. The molecule has 0 aromatic heterocycles. The summed E-state index contributed by atoms with van der Waals surface area (Å²) in [5, 5.41) is 0. The van der Waals surface area contributed by atoms with Gasteiger partial charge in [0, 0.05) is 6.04 Å². The van der Waals surface area contributed by atoms with Crippen LogP contribution < -0.4 is 0 Å². The van der Waals surface area contributed by atoms with Crippen molar-refractivity contribution in [1.82, 2.24) is 4.90 Å². The van der Waals surface area contributed by atoms with Gasteiger partial charge in [0.2, 0.25) is 0 Å². The monoisotopic (exact) mass is 171 g/mol. The summed E-state index contributed by atoms with van der Waals surface area (Å²) >= 11 is 0. The van der Waals surface area contributed by atoms with Crippen LogP contribution in [0.3, 0.4) is 0 Å². The van der Waals surface area contributed by atoms with Gasteiger partial charge in [-0.15, -0.1) is 0 Å². The fourth-order valence-corrected chi connectivity index (χ4v) is 1.55. The molecule has 1 heterocycles. The summed E-state index contributed by atoms with van der Waals surface area (Å²) in [4.78, 5) is 13.1. The van der Waals surface area contributed by atoms with Crippen molar-refractivity contribution in [3.8, 4) is 0 Å². The molecule has 12 heavy (non-hydrogen) atoms. The van der Waals surface area contributed by atoms with Crippen LogP contribution >= 0.6 is 0 Å². The average Bonchev–Trinajstić information content (AvgIpc) is 2.30. The van der Waals surface area contributed by atoms with Crippen molar-refractivity contribution in [3.05, 3.63) is 0 Å². The molecule has 1 unspecified atom stereocenters. The van der Waals surface area contributed by atoms with Gasteiger partial charge in [0.15, 0.2) is 0 Å². The van der Waals surface area contributed by atoms with Crippen LogP contribution in [0.4, 0.5) is 4.79 Å². The Hall–Kier alpha value is -0.730. The normalized spacial score (nSPS) is 24.0. The maximum atomic E-state index is 11.2. The Bertz CT molecular complexity index is 177. The molecule has 3 nitrogen and oxygen atoms in total. The topological polar surface area (TPSA) is 29.5 Å². The lowest BCUT2D eigenvalue weighted by Crippen LogP contribution is -2.41.